The van der Waals surface area contributed by atoms with Crippen LogP contribution in [-0.2, 0) is 25.8 Å². The molecule has 0 spiro atoms. The Morgan fingerprint density at radius 1 is 0.741 bits per heavy atom. The van der Waals surface area contributed by atoms with Crippen LogP contribution < -0.4 is 4.74 Å². The van der Waals surface area contributed by atoms with Gasteiger partial charge in [-0.05, 0) is 53.1 Å². The zero-order chi connectivity index (χ0) is 18.9. The summed E-state index contributed by atoms with van der Waals surface area (Å²) in [6.07, 6.45) is -4.34. The van der Waals surface area contributed by atoms with Gasteiger partial charge in [0.1, 0.15) is 11.5 Å². The summed E-state index contributed by atoms with van der Waals surface area (Å²) in [6, 6.07) is 20.8. The highest BCUT2D eigenvalue weighted by atomic mass is 19.4. The van der Waals surface area contributed by atoms with Gasteiger partial charge in [0.25, 0.3) is 0 Å². The number of hydrogen-bond acceptors (Lipinski definition) is 2. The summed E-state index contributed by atoms with van der Waals surface area (Å²) in [7, 11) is 0. The molecule has 0 saturated heterocycles. The van der Waals surface area contributed by atoms with Crippen LogP contribution in [0, 0.1) is 0 Å². The van der Waals surface area contributed by atoms with Gasteiger partial charge >= 0.3 is 6.18 Å². The van der Waals surface area contributed by atoms with Gasteiger partial charge in [-0.3, -0.25) is 4.90 Å². The van der Waals surface area contributed by atoms with Gasteiger partial charge in [0.05, 0.1) is 5.56 Å². The maximum atomic E-state index is 12.6. The molecule has 2 nitrogen and oxygen atoms in total. The molecule has 0 bridgehead atoms. The Hall–Kier alpha value is -2.79. The predicted molar refractivity (Wildman–Crippen MR) is 97.4 cm³/mol. The van der Waals surface area contributed by atoms with Crippen molar-refractivity contribution in [3.05, 3.63) is 95.1 Å². The maximum absolute atomic E-state index is 12.6. The van der Waals surface area contributed by atoms with Gasteiger partial charge < -0.3 is 4.74 Å². The Bertz CT molecular complexity index is 893. The molecule has 1 aliphatic rings. The zero-order valence-corrected chi connectivity index (χ0v) is 14.5. The molecule has 0 N–H and O–H groups in total. The topological polar surface area (TPSA) is 12.5 Å². The van der Waals surface area contributed by atoms with E-state index in [0.29, 0.717) is 11.5 Å². The normalized spacial score (nSPS) is 14.2. The van der Waals surface area contributed by atoms with Crippen molar-refractivity contribution < 1.29 is 17.9 Å². The molecule has 0 aromatic heterocycles. The summed E-state index contributed by atoms with van der Waals surface area (Å²) in [5.41, 5.74) is 3.24. The van der Waals surface area contributed by atoms with Crippen molar-refractivity contribution in [1.29, 1.82) is 0 Å². The van der Waals surface area contributed by atoms with Gasteiger partial charge in [-0.25, -0.2) is 0 Å². The average molecular weight is 369 g/mol. The van der Waals surface area contributed by atoms with E-state index in [1.165, 1.54) is 28.8 Å². The van der Waals surface area contributed by atoms with E-state index in [1.807, 2.05) is 24.3 Å². The highest BCUT2D eigenvalue weighted by Gasteiger charge is 2.30. The van der Waals surface area contributed by atoms with Crippen LogP contribution >= 0.6 is 0 Å². The smallest absolute Gasteiger partial charge is 0.416 e. The highest BCUT2D eigenvalue weighted by Crippen LogP contribution is 2.31. The van der Waals surface area contributed by atoms with Crippen molar-refractivity contribution in [2.45, 2.75) is 25.8 Å². The summed E-state index contributed by atoms with van der Waals surface area (Å²) < 4.78 is 43.4. The number of fused-ring (bicyclic) bond motifs is 1. The van der Waals surface area contributed by atoms with Crippen LogP contribution in [0.3, 0.4) is 0 Å². The average Bonchev–Trinajstić information content (AvgIpc) is 3.05. The lowest BCUT2D eigenvalue weighted by molar-refractivity contribution is -0.137. The van der Waals surface area contributed by atoms with Gasteiger partial charge in [0.15, 0.2) is 0 Å². The largest absolute Gasteiger partial charge is 0.457 e. The van der Waals surface area contributed by atoms with Crippen LogP contribution in [0.1, 0.15) is 22.3 Å². The third-order valence-corrected chi connectivity index (χ3v) is 4.65. The number of nitrogens with zero attached hydrogens (tertiary/aromatic N) is 1. The first-order valence-corrected chi connectivity index (χ1v) is 8.70. The first-order chi connectivity index (χ1) is 13.0. The van der Waals surface area contributed by atoms with E-state index in [2.05, 4.69) is 29.2 Å². The lowest BCUT2D eigenvalue weighted by Crippen LogP contribution is -2.15. The van der Waals surface area contributed by atoms with Crippen molar-refractivity contribution in [3.63, 3.8) is 0 Å². The number of benzene rings is 3. The summed E-state index contributed by atoms with van der Waals surface area (Å²) >= 11 is 0. The van der Waals surface area contributed by atoms with Gasteiger partial charge in [-0.15, -0.1) is 0 Å². The fraction of sp³-hybridized carbons (Fsp3) is 0.182. The molecule has 0 unspecified atom stereocenters. The molecule has 1 aliphatic heterocycles. The minimum Gasteiger partial charge on any atom is -0.457 e. The van der Waals surface area contributed by atoms with Crippen LogP contribution in [0.4, 0.5) is 13.2 Å². The Morgan fingerprint density at radius 2 is 1.26 bits per heavy atom. The molecular formula is C22H18F3NO. The van der Waals surface area contributed by atoms with E-state index >= 15 is 0 Å². The van der Waals surface area contributed by atoms with Crippen molar-refractivity contribution in [2.75, 3.05) is 0 Å². The molecule has 0 aliphatic carbocycles. The Kier molecular flexibility index (Phi) is 4.62. The van der Waals surface area contributed by atoms with Gasteiger partial charge in [-0.1, -0.05) is 36.4 Å². The molecule has 3 aromatic rings. The summed E-state index contributed by atoms with van der Waals surface area (Å²) in [5, 5.41) is 0. The lowest BCUT2D eigenvalue weighted by atomic mass is 10.1. The second-order valence-electron chi connectivity index (χ2n) is 6.68. The van der Waals surface area contributed by atoms with Gasteiger partial charge in [0, 0.05) is 19.6 Å². The fourth-order valence-electron chi connectivity index (χ4n) is 3.28. The third-order valence-electron chi connectivity index (χ3n) is 4.65. The van der Waals surface area contributed by atoms with Gasteiger partial charge in [0.2, 0.25) is 0 Å². The minimum absolute atomic E-state index is 0.380. The Morgan fingerprint density at radius 3 is 1.78 bits per heavy atom. The van der Waals surface area contributed by atoms with Crippen molar-refractivity contribution in [3.8, 4) is 11.5 Å². The molecule has 1 heterocycles. The molecule has 27 heavy (non-hydrogen) atoms. The first kappa shape index (κ1) is 17.6. The molecule has 0 saturated carbocycles. The Balaban J connectivity index is 1.37. The molecular weight excluding hydrogens is 351 g/mol. The fourth-order valence-corrected chi connectivity index (χ4v) is 3.28. The van der Waals surface area contributed by atoms with Crippen LogP contribution in [0.2, 0.25) is 0 Å². The SMILES string of the molecule is FC(F)(F)c1ccc(Oc2ccc(CN3Cc4ccccc4C3)cc2)cc1. The first-order valence-electron chi connectivity index (χ1n) is 8.70. The monoisotopic (exact) mass is 369 g/mol. The van der Waals surface area contributed by atoms with Crippen molar-refractivity contribution in [2.24, 2.45) is 0 Å². The van der Waals surface area contributed by atoms with E-state index in [0.717, 1.165) is 31.8 Å². The maximum Gasteiger partial charge on any atom is 0.416 e. The second kappa shape index (κ2) is 7.08. The van der Waals surface area contributed by atoms with E-state index in [4.69, 9.17) is 4.74 Å². The van der Waals surface area contributed by atoms with Crippen LogP contribution in [-0.4, -0.2) is 4.90 Å². The Labute approximate surface area is 155 Å². The van der Waals surface area contributed by atoms with Crippen LogP contribution in [0.5, 0.6) is 11.5 Å². The standard InChI is InChI=1S/C22H18F3NO/c23-22(24,25)19-7-11-21(12-8-19)27-20-9-5-16(6-10-20)13-26-14-17-3-1-2-4-18(17)15-26/h1-12H,13-15H2. The second-order valence-corrected chi connectivity index (χ2v) is 6.68. The highest BCUT2D eigenvalue weighted by molar-refractivity contribution is 5.36. The van der Waals surface area contributed by atoms with E-state index in [9.17, 15) is 13.2 Å². The van der Waals surface area contributed by atoms with Crippen molar-refractivity contribution in [1.82, 2.24) is 4.90 Å². The number of alkyl halides is 3. The zero-order valence-electron chi connectivity index (χ0n) is 14.5. The van der Waals surface area contributed by atoms with E-state index in [1.54, 1.807) is 0 Å². The number of hydrogen-bond donors (Lipinski definition) is 0. The summed E-state index contributed by atoms with van der Waals surface area (Å²) in [4.78, 5) is 2.37. The van der Waals surface area contributed by atoms with E-state index < -0.39 is 11.7 Å². The van der Waals surface area contributed by atoms with Crippen molar-refractivity contribution >= 4 is 0 Å². The minimum atomic E-state index is -4.34. The lowest BCUT2D eigenvalue weighted by Gasteiger charge is -2.15. The number of halogens is 3. The summed E-state index contributed by atoms with van der Waals surface area (Å²) in [6.45, 7) is 2.73. The number of ether oxygens (including phenoxy) is 1. The molecule has 0 radical (unpaired) electrons. The van der Waals surface area contributed by atoms with Crippen LogP contribution in [0.25, 0.3) is 0 Å². The van der Waals surface area contributed by atoms with Crippen LogP contribution in [0.15, 0.2) is 72.8 Å². The number of rotatable bonds is 4. The predicted octanol–water partition coefficient (Wildman–Crippen LogP) is 6.01. The van der Waals surface area contributed by atoms with E-state index in [-0.39, 0.29) is 0 Å². The molecule has 3 aromatic carbocycles. The molecule has 138 valence electrons. The van der Waals surface area contributed by atoms with Gasteiger partial charge in [-0.2, -0.15) is 13.2 Å². The molecule has 0 atom stereocenters. The molecule has 5 heteroatoms. The molecule has 4 rings (SSSR count). The third kappa shape index (κ3) is 4.14. The summed E-state index contributed by atoms with van der Waals surface area (Å²) in [5.74, 6) is 0.981. The molecule has 0 fully saturated rings. The quantitative estimate of drug-likeness (QED) is 0.558. The molecule has 0 amide bonds.